The molecular weight excluding hydrogens is 356 g/mol. The third kappa shape index (κ3) is 5.20. The summed E-state index contributed by atoms with van der Waals surface area (Å²) in [6, 6.07) is 4.92. The molecule has 0 amide bonds. The summed E-state index contributed by atoms with van der Waals surface area (Å²) in [6.45, 7) is 6.80. The summed E-state index contributed by atoms with van der Waals surface area (Å²) in [5, 5.41) is 4.29. The molecule has 1 heterocycles. The lowest BCUT2D eigenvalue weighted by atomic mass is 10.1. The van der Waals surface area contributed by atoms with E-state index >= 15 is 0 Å². The fraction of sp³-hybridized carbons (Fsp3) is 0.619. The monoisotopic (exact) mass is 388 g/mol. The van der Waals surface area contributed by atoms with Gasteiger partial charge in [-0.3, -0.25) is 0 Å². The van der Waals surface area contributed by atoms with Gasteiger partial charge in [-0.25, -0.2) is 4.98 Å². The number of nitrogens with zero attached hydrogens (tertiary/aromatic N) is 2. The molecule has 0 bridgehead atoms. The van der Waals surface area contributed by atoms with Crippen LogP contribution in [0.4, 0.5) is 0 Å². The summed E-state index contributed by atoms with van der Waals surface area (Å²) in [6.07, 6.45) is 6.92. The Morgan fingerprint density at radius 2 is 2.04 bits per heavy atom. The van der Waals surface area contributed by atoms with Crippen LogP contribution < -0.4 is 5.32 Å². The van der Waals surface area contributed by atoms with Gasteiger partial charge in [0.05, 0.1) is 11.0 Å². The fourth-order valence-electron chi connectivity index (χ4n) is 3.85. The number of methoxy groups -OCH3 is 1. The highest BCUT2D eigenvalue weighted by Crippen LogP contribution is 2.24. The van der Waals surface area contributed by atoms with Crippen LogP contribution in [0.5, 0.6) is 0 Å². The quantitative estimate of drug-likeness (QED) is 0.531. The number of aromatic nitrogens is 2. The van der Waals surface area contributed by atoms with Gasteiger partial charge in [0.2, 0.25) is 0 Å². The SMILES string of the molecule is COCCCNC(=S)N(CCc1nc2cc(C)c(C)cc2[nH]1)C1CCCC1. The second-order valence-corrected chi connectivity index (χ2v) is 7.98. The van der Waals surface area contributed by atoms with Crippen molar-refractivity contribution in [3.05, 3.63) is 29.1 Å². The molecule has 3 rings (SSSR count). The van der Waals surface area contributed by atoms with E-state index < -0.39 is 0 Å². The van der Waals surface area contributed by atoms with Crippen molar-refractivity contribution in [1.82, 2.24) is 20.2 Å². The number of aryl methyl sites for hydroxylation is 2. The van der Waals surface area contributed by atoms with Crippen LogP contribution in [0, 0.1) is 13.8 Å². The largest absolute Gasteiger partial charge is 0.385 e. The van der Waals surface area contributed by atoms with Crippen LogP contribution in [-0.4, -0.2) is 52.8 Å². The minimum atomic E-state index is 0.557. The Bertz CT molecular complexity index is 728. The van der Waals surface area contributed by atoms with E-state index in [2.05, 4.69) is 41.2 Å². The average molecular weight is 389 g/mol. The highest BCUT2D eigenvalue weighted by Gasteiger charge is 2.24. The van der Waals surface area contributed by atoms with Crippen molar-refractivity contribution in [2.75, 3.05) is 26.8 Å². The van der Waals surface area contributed by atoms with Gasteiger partial charge in [-0.1, -0.05) is 12.8 Å². The first kappa shape index (κ1) is 20.1. The van der Waals surface area contributed by atoms with Gasteiger partial charge in [-0.15, -0.1) is 0 Å². The predicted octanol–water partition coefficient (Wildman–Crippen LogP) is 3.88. The van der Waals surface area contributed by atoms with Crippen molar-refractivity contribution < 1.29 is 4.74 Å². The molecule has 0 spiro atoms. The molecule has 0 unspecified atom stereocenters. The van der Waals surface area contributed by atoms with Crippen LogP contribution >= 0.6 is 12.2 Å². The van der Waals surface area contributed by atoms with Crippen molar-refractivity contribution in [3.63, 3.8) is 0 Å². The Balaban J connectivity index is 1.64. The molecule has 2 N–H and O–H groups in total. The number of benzene rings is 1. The second kappa shape index (κ2) is 9.51. The van der Waals surface area contributed by atoms with Crippen molar-refractivity contribution >= 4 is 28.4 Å². The third-order valence-electron chi connectivity index (χ3n) is 5.56. The standard InChI is InChI=1S/C21H32N4OS/c1-15-13-18-19(14-16(15)2)24-20(23-18)9-11-25(17-7-4-5-8-17)21(27)22-10-6-12-26-3/h13-14,17H,4-12H2,1-3H3,(H,22,27)(H,23,24). The number of rotatable bonds is 8. The minimum absolute atomic E-state index is 0.557. The van der Waals surface area contributed by atoms with Gasteiger partial charge in [0.25, 0.3) is 0 Å². The molecule has 1 fully saturated rings. The highest BCUT2D eigenvalue weighted by atomic mass is 32.1. The number of H-pyrrole nitrogens is 1. The Morgan fingerprint density at radius 1 is 1.30 bits per heavy atom. The second-order valence-electron chi connectivity index (χ2n) is 7.60. The third-order valence-corrected chi connectivity index (χ3v) is 5.94. The molecule has 2 aromatic rings. The lowest BCUT2D eigenvalue weighted by Gasteiger charge is -2.31. The lowest BCUT2D eigenvalue weighted by Crippen LogP contribution is -2.46. The van der Waals surface area contributed by atoms with E-state index in [1.54, 1.807) is 7.11 Å². The predicted molar refractivity (Wildman–Crippen MR) is 115 cm³/mol. The summed E-state index contributed by atoms with van der Waals surface area (Å²) in [4.78, 5) is 10.7. The first-order valence-electron chi connectivity index (χ1n) is 10.1. The summed E-state index contributed by atoms with van der Waals surface area (Å²) >= 11 is 5.72. The number of aromatic amines is 1. The first-order valence-corrected chi connectivity index (χ1v) is 10.5. The number of ether oxygens (including phenoxy) is 1. The molecule has 0 aliphatic heterocycles. The van der Waals surface area contributed by atoms with Gasteiger partial charge in [0.15, 0.2) is 5.11 Å². The van der Waals surface area contributed by atoms with E-state index in [9.17, 15) is 0 Å². The number of thiocarbonyl (C=S) groups is 1. The Hall–Kier alpha value is -1.66. The first-order chi connectivity index (χ1) is 13.1. The maximum atomic E-state index is 5.72. The fourth-order valence-corrected chi connectivity index (χ4v) is 4.19. The summed E-state index contributed by atoms with van der Waals surface area (Å²) in [5.41, 5.74) is 4.77. The molecule has 1 saturated carbocycles. The minimum Gasteiger partial charge on any atom is -0.385 e. The molecule has 1 aliphatic rings. The van der Waals surface area contributed by atoms with Crippen LogP contribution in [0.3, 0.4) is 0 Å². The van der Waals surface area contributed by atoms with Crippen molar-refractivity contribution in [2.24, 2.45) is 0 Å². The topological polar surface area (TPSA) is 53.2 Å². The maximum absolute atomic E-state index is 5.72. The van der Waals surface area contributed by atoms with E-state index in [1.807, 2.05) is 0 Å². The van der Waals surface area contributed by atoms with E-state index in [1.165, 1.54) is 36.8 Å². The van der Waals surface area contributed by atoms with Crippen LogP contribution in [-0.2, 0) is 11.2 Å². The average Bonchev–Trinajstić information content (AvgIpc) is 3.29. The number of fused-ring (bicyclic) bond motifs is 1. The molecule has 0 saturated heterocycles. The van der Waals surface area contributed by atoms with Crippen LogP contribution in [0.1, 0.15) is 49.1 Å². The normalized spacial score (nSPS) is 14.8. The Kier molecular flexibility index (Phi) is 7.07. The van der Waals surface area contributed by atoms with Gasteiger partial charge in [-0.05, 0) is 68.6 Å². The summed E-state index contributed by atoms with van der Waals surface area (Å²) in [5.74, 6) is 1.04. The summed E-state index contributed by atoms with van der Waals surface area (Å²) in [7, 11) is 1.74. The maximum Gasteiger partial charge on any atom is 0.169 e. The van der Waals surface area contributed by atoms with Gasteiger partial charge in [-0.2, -0.15) is 0 Å². The van der Waals surface area contributed by atoms with Crippen LogP contribution in [0.25, 0.3) is 11.0 Å². The number of hydrogen-bond donors (Lipinski definition) is 2. The summed E-state index contributed by atoms with van der Waals surface area (Å²) < 4.78 is 5.13. The van der Waals surface area contributed by atoms with E-state index in [-0.39, 0.29) is 0 Å². The molecule has 27 heavy (non-hydrogen) atoms. The smallest absolute Gasteiger partial charge is 0.169 e. The van der Waals surface area contributed by atoms with Gasteiger partial charge in [0, 0.05) is 39.3 Å². The lowest BCUT2D eigenvalue weighted by molar-refractivity contribution is 0.195. The van der Waals surface area contributed by atoms with Crippen molar-refractivity contribution in [1.29, 1.82) is 0 Å². The number of nitrogens with one attached hydrogen (secondary N) is 2. The molecular formula is C21H32N4OS. The Labute approximate surface area is 167 Å². The molecule has 1 aromatic heterocycles. The molecule has 148 valence electrons. The van der Waals surface area contributed by atoms with E-state index in [4.69, 9.17) is 21.9 Å². The zero-order chi connectivity index (χ0) is 19.2. The van der Waals surface area contributed by atoms with E-state index in [0.717, 1.165) is 54.5 Å². The van der Waals surface area contributed by atoms with Crippen LogP contribution in [0.2, 0.25) is 0 Å². The van der Waals surface area contributed by atoms with Crippen LogP contribution in [0.15, 0.2) is 12.1 Å². The molecule has 6 heteroatoms. The Morgan fingerprint density at radius 3 is 2.78 bits per heavy atom. The molecule has 1 aliphatic carbocycles. The zero-order valence-electron chi connectivity index (χ0n) is 16.8. The van der Waals surface area contributed by atoms with Gasteiger partial charge < -0.3 is 19.9 Å². The highest BCUT2D eigenvalue weighted by molar-refractivity contribution is 7.80. The molecule has 5 nitrogen and oxygen atoms in total. The molecule has 0 radical (unpaired) electrons. The van der Waals surface area contributed by atoms with Gasteiger partial charge >= 0.3 is 0 Å². The van der Waals surface area contributed by atoms with Gasteiger partial charge in [0.1, 0.15) is 5.82 Å². The molecule has 0 atom stereocenters. The zero-order valence-corrected chi connectivity index (χ0v) is 17.6. The van der Waals surface area contributed by atoms with Crippen molar-refractivity contribution in [3.8, 4) is 0 Å². The number of imidazole rings is 1. The van der Waals surface area contributed by atoms with E-state index in [0.29, 0.717) is 6.04 Å². The number of hydrogen-bond acceptors (Lipinski definition) is 3. The van der Waals surface area contributed by atoms with Crippen molar-refractivity contribution in [2.45, 2.75) is 58.4 Å². The molecule has 1 aromatic carbocycles.